The van der Waals surface area contributed by atoms with Crippen LogP contribution in [0.25, 0.3) is 17.0 Å². The van der Waals surface area contributed by atoms with Gasteiger partial charge >= 0.3 is 0 Å². The first-order chi connectivity index (χ1) is 9.28. The molecular formula is C14H14ClN3O. The third kappa shape index (κ3) is 2.41. The molecule has 19 heavy (non-hydrogen) atoms. The molecule has 1 saturated heterocycles. The van der Waals surface area contributed by atoms with Crippen LogP contribution in [0.1, 0.15) is 5.56 Å². The largest absolute Gasteiger partial charge is 0.378 e. The number of halogens is 1. The van der Waals surface area contributed by atoms with Gasteiger partial charge in [0.05, 0.1) is 23.8 Å². The van der Waals surface area contributed by atoms with E-state index in [0.29, 0.717) is 24.2 Å². The Hall–Kier alpha value is -1.65. The van der Waals surface area contributed by atoms with Gasteiger partial charge in [-0.2, -0.15) is 0 Å². The third-order valence-electron chi connectivity index (χ3n) is 3.18. The standard InChI is InChI=1S/C14H14ClN3O/c1-2-10-7-11-9-16-14(17-13(11)12(15)8-10)18-3-5-19-6-4-18/h2,7-9H,1,3-6H2. The van der Waals surface area contributed by atoms with E-state index in [-0.39, 0.29) is 0 Å². The fourth-order valence-corrected chi connectivity index (χ4v) is 2.43. The lowest BCUT2D eigenvalue weighted by Crippen LogP contribution is -2.37. The molecule has 2 heterocycles. The molecule has 1 fully saturated rings. The van der Waals surface area contributed by atoms with E-state index < -0.39 is 0 Å². The zero-order chi connectivity index (χ0) is 13.2. The molecule has 0 bridgehead atoms. The van der Waals surface area contributed by atoms with E-state index >= 15 is 0 Å². The van der Waals surface area contributed by atoms with Gasteiger partial charge in [0, 0.05) is 24.7 Å². The summed E-state index contributed by atoms with van der Waals surface area (Å²) in [4.78, 5) is 11.1. The van der Waals surface area contributed by atoms with Gasteiger partial charge in [0.15, 0.2) is 0 Å². The molecule has 0 atom stereocenters. The number of nitrogens with zero attached hydrogens (tertiary/aromatic N) is 3. The summed E-state index contributed by atoms with van der Waals surface area (Å²) in [7, 11) is 0. The molecule has 1 aliphatic rings. The van der Waals surface area contributed by atoms with Crippen molar-refractivity contribution >= 4 is 34.5 Å². The van der Waals surface area contributed by atoms with Crippen molar-refractivity contribution in [2.45, 2.75) is 0 Å². The Morgan fingerprint density at radius 3 is 2.84 bits per heavy atom. The van der Waals surface area contributed by atoms with Crippen LogP contribution in [0, 0.1) is 0 Å². The number of benzene rings is 1. The summed E-state index contributed by atoms with van der Waals surface area (Å²) in [6.45, 7) is 6.80. The second kappa shape index (κ2) is 5.15. The van der Waals surface area contributed by atoms with Crippen LogP contribution < -0.4 is 4.90 Å². The highest BCUT2D eigenvalue weighted by molar-refractivity contribution is 6.35. The topological polar surface area (TPSA) is 38.2 Å². The zero-order valence-electron chi connectivity index (χ0n) is 10.5. The molecule has 1 aromatic heterocycles. The van der Waals surface area contributed by atoms with E-state index in [4.69, 9.17) is 16.3 Å². The molecule has 0 aliphatic carbocycles. The summed E-state index contributed by atoms with van der Waals surface area (Å²) in [6.07, 6.45) is 3.58. The number of aromatic nitrogens is 2. The summed E-state index contributed by atoms with van der Waals surface area (Å²) in [6, 6.07) is 3.85. The number of ether oxygens (including phenoxy) is 1. The Morgan fingerprint density at radius 1 is 1.32 bits per heavy atom. The number of morpholine rings is 1. The molecule has 1 aliphatic heterocycles. The number of hydrogen-bond donors (Lipinski definition) is 0. The highest BCUT2D eigenvalue weighted by atomic mass is 35.5. The van der Waals surface area contributed by atoms with Crippen molar-refractivity contribution < 1.29 is 4.74 Å². The Bertz CT molecular complexity index is 623. The maximum atomic E-state index is 6.27. The van der Waals surface area contributed by atoms with Crippen LogP contribution >= 0.6 is 11.6 Å². The van der Waals surface area contributed by atoms with Gasteiger partial charge in [-0.15, -0.1) is 0 Å². The lowest BCUT2D eigenvalue weighted by molar-refractivity contribution is 0.122. The van der Waals surface area contributed by atoms with Gasteiger partial charge in [0.1, 0.15) is 0 Å². The van der Waals surface area contributed by atoms with Crippen molar-refractivity contribution in [3.05, 3.63) is 35.5 Å². The average molecular weight is 276 g/mol. The monoisotopic (exact) mass is 275 g/mol. The fourth-order valence-electron chi connectivity index (χ4n) is 2.15. The van der Waals surface area contributed by atoms with E-state index in [9.17, 15) is 0 Å². The van der Waals surface area contributed by atoms with Crippen LogP contribution in [0.3, 0.4) is 0 Å². The molecule has 3 rings (SSSR count). The Labute approximate surface area is 116 Å². The quantitative estimate of drug-likeness (QED) is 0.845. The van der Waals surface area contributed by atoms with Crippen LogP contribution in [0.5, 0.6) is 0 Å². The number of hydrogen-bond acceptors (Lipinski definition) is 4. The second-order valence-electron chi connectivity index (χ2n) is 4.41. The summed E-state index contributed by atoms with van der Waals surface area (Å²) in [5.74, 6) is 0.712. The Kier molecular flexibility index (Phi) is 3.36. The zero-order valence-corrected chi connectivity index (χ0v) is 11.2. The van der Waals surface area contributed by atoms with E-state index in [1.165, 1.54) is 0 Å². The highest BCUT2D eigenvalue weighted by Gasteiger charge is 2.14. The number of rotatable bonds is 2. The van der Waals surface area contributed by atoms with E-state index in [1.54, 1.807) is 6.08 Å². The first-order valence-corrected chi connectivity index (χ1v) is 6.57. The molecule has 98 valence electrons. The van der Waals surface area contributed by atoms with Crippen molar-refractivity contribution in [1.82, 2.24) is 9.97 Å². The molecule has 2 aromatic rings. The van der Waals surface area contributed by atoms with Gasteiger partial charge in [0.25, 0.3) is 0 Å². The van der Waals surface area contributed by atoms with Crippen LogP contribution in [0.4, 0.5) is 5.95 Å². The Morgan fingerprint density at radius 2 is 2.11 bits per heavy atom. The summed E-state index contributed by atoms with van der Waals surface area (Å²) in [5.41, 5.74) is 1.75. The minimum absolute atomic E-state index is 0.629. The van der Waals surface area contributed by atoms with Gasteiger partial charge in [-0.3, -0.25) is 0 Å². The second-order valence-corrected chi connectivity index (χ2v) is 4.82. The fraction of sp³-hybridized carbons (Fsp3) is 0.286. The lowest BCUT2D eigenvalue weighted by Gasteiger charge is -2.26. The van der Waals surface area contributed by atoms with Gasteiger partial charge in [-0.25, -0.2) is 9.97 Å². The van der Waals surface area contributed by atoms with Crippen LogP contribution in [0.2, 0.25) is 5.02 Å². The van der Waals surface area contributed by atoms with Gasteiger partial charge in [-0.05, 0) is 17.7 Å². The molecule has 5 heteroatoms. The predicted octanol–water partition coefficient (Wildman–Crippen LogP) is 2.76. The summed E-state index contributed by atoms with van der Waals surface area (Å²) in [5, 5.41) is 1.56. The van der Waals surface area contributed by atoms with Crippen molar-refractivity contribution in [1.29, 1.82) is 0 Å². The van der Waals surface area contributed by atoms with E-state index in [0.717, 1.165) is 29.6 Å². The highest BCUT2D eigenvalue weighted by Crippen LogP contribution is 2.25. The minimum atomic E-state index is 0.629. The molecular weight excluding hydrogens is 262 g/mol. The van der Waals surface area contributed by atoms with Crippen LogP contribution in [-0.2, 0) is 4.74 Å². The third-order valence-corrected chi connectivity index (χ3v) is 3.46. The Balaban J connectivity index is 2.05. The van der Waals surface area contributed by atoms with Crippen molar-refractivity contribution in [2.75, 3.05) is 31.2 Å². The van der Waals surface area contributed by atoms with Gasteiger partial charge in [-0.1, -0.05) is 24.3 Å². The average Bonchev–Trinajstić information content (AvgIpc) is 2.47. The summed E-state index contributed by atoms with van der Waals surface area (Å²) < 4.78 is 5.33. The maximum Gasteiger partial charge on any atom is 0.226 e. The van der Waals surface area contributed by atoms with Gasteiger partial charge in [0.2, 0.25) is 5.95 Å². The van der Waals surface area contributed by atoms with Crippen LogP contribution in [-0.4, -0.2) is 36.3 Å². The lowest BCUT2D eigenvalue weighted by atomic mass is 10.1. The van der Waals surface area contributed by atoms with E-state index in [1.807, 2.05) is 18.3 Å². The molecule has 0 amide bonds. The first kappa shape index (κ1) is 12.4. The van der Waals surface area contributed by atoms with Crippen molar-refractivity contribution in [3.8, 4) is 0 Å². The molecule has 1 aromatic carbocycles. The molecule has 0 spiro atoms. The minimum Gasteiger partial charge on any atom is -0.378 e. The number of anilines is 1. The van der Waals surface area contributed by atoms with Crippen molar-refractivity contribution in [3.63, 3.8) is 0 Å². The van der Waals surface area contributed by atoms with Crippen LogP contribution in [0.15, 0.2) is 24.9 Å². The molecule has 0 N–H and O–H groups in total. The smallest absolute Gasteiger partial charge is 0.226 e. The maximum absolute atomic E-state index is 6.27. The normalized spacial score (nSPS) is 15.7. The predicted molar refractivity (Wildman–Crippen MR) is 77.7 cm³/mol. The molecule has 0 saturated carbocycles. The molecule has 4 nitrogen and oxygen atoms in total. The SMILES string of the molecule is C=Cc1cc(Cl)c2nc(N3CCOCC3)ncc2c1. The molecule has 0 unspecified atom stereocenters. The van der Waals surface area contributed by atoms with E-state index in [2.05, 4.69) is 21.4 Å². The van der Waals surface area contributed by atoms with Gasteiger partial charge < -0.3 is 9.64 Å². The summed E-state index contributed by atoms with van der Waals surface area (Å²) >= 11 is 6.27. The first-order valence-electron chi connectivity index (χ1n) is 6.19. The number of fused-ring (bicyclic) bond motifs is 1. The van der Waals surface area contributed by atoms with Crippen molar-refractivity contribution in [2.24, 2.45) is 0 Å². The molecule has 0 radical (unpaired) electrons.